The molecule has 1 aromatic heterocycles. The summed E-state index contributed by atoms with van der Waals surface area (Å²) in [6, 6.07) is 13.0. The molecule has 0 radical (unpaired) electrons. The number of Topliss-reactive ketones (excluding diaryl/α,β-unsaturated/α-hetero) is 1. The topological polar surface area (TPSA) is 43.4 Å². The molecule has 0 amide bonds. The predicted molar refractivity (Wildman–Crippen MR) is 95.6 cm³/mol. The van der Waals surface area contributed by atoms with Gasteiger partial charge in [0, 0.05) is 26.1 Å². The normalized spacial score (nSPS) is 12.4. The minimum absolute atomic E-state index is 0.00306. The first-order valence-corrected chi connectivity index (χ1v) is 8.53. The Bertz CT molecular complexity index is 927. The minimum atomic E-state index is -0.00306. The zero-order valence-electron chi connectivity index (χ0n) is 13.2. The number of ether oxygens (including phenoxy) is 1. The van der Waals surface area contributed by atoms with Crippen molar-refractivity contribution < 1.29 is 9.53 Å². The van der Waals surface area contributed by atoms with E-state index >= 15 is 0 Å². The van der Waals surface area contributed by atoms with E-state index in [0.29, 0.717) is 11.1 Å². The number of benzene rings is 2. The molecular formula is C19H18O3S. The first-order chi connectivity index (χ1) is 11.1. The van der Waals surface area contributed by atoms with E-state index in [2.05, 4.69) is 0 Å². The van der Waals surface area contributed by atoms with Crippen LogP contribution in [0, 0.1) is 5.92 Å². The lowest BCUT2D eigenvalue weighted by Gasteiger charge is -2.10. The van der Waals surface area contributed by atoms with Gasteiger partial charge in [-0.05, 0) is 36.8 Å². The maximum absolute atomic E-state index is 12.6. The number of hydrogen-bond donors (Lipinski definition) is 0. The molecule has 1 atom stereocenters. The smallest absolute Gasteiger partial charge is 0.196 e. The number of ketones is 1. The Balaban J connectivity index is 1.95. The molecule has 0 aliphatic carbocycles. The van der Waals surface area contributed by atoms with Crippen molar-refractivity contribution in [2.75, 3.05) is 6.61 Å². The van der Waals surface area contributed by atoms with E-state index in [1.165, 1.54) is 0 Å². The lowest BCUT2D eigenvalue weighted by molar-refractivity contribution is -0.124. The Morgan fingerprint density at radius 3 is 2.65 bits per heavy atom. The van der Waals surface area contributed by atoms with E-state index in [4.69, 9.17) is 4.74 Å². The second-order valence-corrected chi connectivity index (χ2v) is 6.73. The molecule has 1 unspecified atom stereocenters. The minimum Gasteiger partial charge on any atom is -0.486 e. The van der Waals surface area contributed by atoms with E-state index in [9.17, 15) is 9.59 Å². The van der Waals surface area contributed by atoms with E-state index < -0.39 is 0 Å². The summed E-state index contributed by atoms with van der Waals surface area (Å²) in [5.41, 5.74) is 0.00746. The third-order valence-electron chi connectivity index (χ3n) is 4.09. The van der Waals surface area contributed by atoms with Gasteiger partial charge >= 0.3 is 0 Å². The maximum atomic E-state index is 12.6. The summed E-state index contributed by atoms with van der Waals surface area (Å²) in [5.74, 6) is 0.640. The molecule has 0 fully saturated rings. The van der Waals surface area contributed by atoms with Crippen LogP contribution in [-0.4, -0.2) is 12.4 Å². The lowest BCUT2D eigenvalue weighted by Crippen LogP contribution is -2.18. The number of fused-ring (bicyclic) bond motifs is 2. The molecule has 0 saturated heterocycles. The van der Waals surface area contributed by atoms with Crippen LogP contribution in [0.4, 0.5) is 0 Å². The van der Waals surface area contributed by atoms with Crippen LogP contribution in [0.25, 0.3) is 20.2 Å². The summed E-state index contributed by atoms with van der Waals surface area (Å²) < 4.78 is 7.48. The molecule has 3 aromatic rings. The largest absolute Gasteiger partial charge is 0.486 e. The van der Waals surface area contributed by atoms with E-state index in [-0.39, 0.29) is 23.7 Å². The molecule has 0 aliphatic heterocycles. The molecule has 23 heavy (non-hydrogen) atoms. The van der Waals surface area contributed by atoms with Crippen LogP contribution in [0.15, 0.2) is 47.3 Å². The van der Waals surface area contributed by atoms with Gasteiger partial charge in [0.25, 0.3) is 0 Å². The van der Waals surface area contributed by atoms with Gasteiger partial charge in [-0.3, -0.25) is 9.59 Å². The van der Waals surface area contributed by atoms with Crippen molar-refractivity contribution in [1.82, 2.24) is 0 Å². The molecule has 118 valence electrons. The summed E-state index contributed by atoms with van der Waals surface area (Å²) in [4.78, 5) is 24.5. The van der Waals surface area contributed by atoms with E-state index in [1.807, 2.05) is 50.2 Å². The van der Waals surface area contributed by atoms with Crippen molar-refractivity contribution in [2.45, 2.75) is 20.3 Å². The van der Waals surface area contributed by atoms with Crippen LogP contribution in [-0.2, 0) is 4.79 Å². The van der Waals surface area contributed by atoms with Crippen molar-refractivity contribution in [3.63, 3.8) is 0 Å². The van der Waals surface area contributed by atoms with Gasteiger partial charge in [0.2, 0.25) is 0 Å². The summed E-state index contributed by atoms with van der Waals surface area (Å²) in [7, 11) is 0. The van der Waals surface area contributed by atoms with Crippen molar-refractivity contribution in [3.05, 3.63) is 52.7 Å². The van der Waals surface area contributed by atoms with Crippen LogP contribution in [0.3, 0.4) is 0 Å². The zero-order chi connectivity index (χ0) is 16.4. The molecule has 4 heteroatoms. The molecule has 0 spiro atoms. The monoisotopic (exact) mass is 326 g/mol. The van der Waals surface area contributed by atoms with Gasteiger partial charge in [0.1, 0.15) is 12.4 Å². The van der Waals surface area contributed by atoms with Crippen LogP contribution < -0.4 is 10.2 Å². The highest BCUT2D eigenvalue weighted by Gasteiger charge is 2.12. The Kier molecular flexibility index (Phi) is 4.44. The van der Waals surface area contributed by atoms with Gasteiger partial charge in [-0.15, -0.1) is 11.3 Å². The lowest BCUT2D eigenvalue weighted by atomic mass is 10.0. The van der Waals surface area contributed by atoms with Gasteiger partial charge in [-0.1, -0.05) is 26.0 Å². The molecule has 3 nitrogen and oxygen atoms in total. The fourth-order valence-electron chi connectivity index (χ4n) is 2.40. The van der Waals surface area contributed by atoms with Crippen molar-refractivity contribution in [3.8, 4) is 5.75 Å². The summed E-state index contributed by atoms with van der Waals surface area (Å²) in [5, 5.41) is 1.36. The second-order valence-electron chi connectivity index (χ2n) is 5.65. The molecule has 0 bridgehead atoms. The van der Waals surface area contributed by atoms with Crippen molar-refractivity contribution in [2.24, 2.45) is 5.92 Å². The zero-order valence-corrected chi connectivity index (χ0v) is 14.0. The average Bonchev–Trinajstić information content (AvgIpc) is 2.59. The van der Waals surface area contributed by atoms with Crippen LogP contribution in [0.1, 0.15) is 20.3 Å². The van der Waals surface area contributed by atoms with Crippen molar-refractivity contribution in [1.29, 1.82) is 0 Å². The van der Waals surface area contributed by atoms with Crippen LogP contribution in [0.5, 0.6) is 5.75 Å². The Morgan fingerprint density at radius 1 is 1.13 bits per heavy atom. The van der Waals surface area contributed by atoms with Gasteiger partial charge < -0.3 is 4.74 Å². The maximum Gasteiger partial charge on any atom is 0.196 e. The number of hydrogen-bond acceptors (Lipinski definition) is 4. The molecule has 1 heterocycles. The third-order valence-corrected chi connectivity index (χ3v) is 5.24. The molecule has 3 rings (SSSR count). The molecule has 2 aromatic carbocycles. The van der Waals surface area contributed by atoms with Gasteiger partial charge in [0.15, 0.2) is 11.2 Å². The Labute approximate surface area is 138 Å². The fraction of sp³-hybridized carbons (Fsp3) is 0.263. The van der Waals surface area contributed by atoms with E-state index in [1.54, 1.807) is 17.4 Å². The highest BCUT2D eigenvalue weighted by molar-refractivity contribution is 7.24. The highest BCUT2D eigenvalue weighted by atomic mass is 32.1. The fourth-order valence-corrected chi connectivity index (χ4v) is 3.45. The van der Waals surface area contributed by atoms with Crippen LogP contribution >= 0.6 is 11.3 Å². The summed E-state index contributed by atoms with van der Waals surface area (Å²) in [6.45, 7) is 3.93. The highest BCUT2D eigenvalue weighted by Crippen LogP contribution is 2.27. The molecular weight excluding hydrogens is 308 g/mol. The first kappa shape index (κ1) is 15.7. The molecule has 0 aliphatic rings. The SMILES string of the molecule is CCC(C)C(=O)COc1ccc2sc3ccccc3c(=O)c2c1. The Morgan fingerprint density at radius 2 is 1.87 bits per heavy atom. The van der Waals surface area contributed by atoms with E-state index in [0.717, 1.165) is 21.2 Å². The van der Waals surface area contributed by atoms with Crippen molar-refractivity contribution >= 4 is 37.3 Å². The van der Waals surface area contributed by atoms with Crippen LogP contribution in [0.2, 0.25) is 0 Å². The first-order valence-electron chi connectivity index (χ1n) is 7.71. The summed E-state index contributed by atoms with van der Waals surface area (Å²) in [6.07, 6.45) is 0.804. The van der Waals surface area contributed by atoms with Gasteiger partial charge in [-0.25, -0.2) is 0 Å². The quantitative estimate of drug-likeness (QED) is 0.652. The number of rotatable bonds is 5. The summed E-state index contributed by atoms with van der Waals surface area (Å²) >= 11 is 1.58. The number of carbonyl (C=O) groups excluding carboxylic acids is 1. The third kappa shape index (κ3) is 3.13. The predicted octanol–water partition coefficient (Wildman–Crippen LogP) is 4.41. The second kappa shape index (κ2) is 6.50. The van der Waals surface area contributed by atoms with Gasteiger partial charge in [-0.2, -0.15) is 0 Å². The Hall–Kier alpha value is -2.20. The average molecular weight is 326 g/mol. The molecule has 0 N–H and O–H groups in total. The van der Waals surface area contributed by atoms with Gasteiger partial charge in [0.05, 0.1) is 0 Å². The standard InChI is InChI=1S/C19H18O3S/c1-3-12(2)16(20)11-22-13-8-9-18-15(10-13)19(21)14-6-4-5-7-17(14)23-18/h4-10,12H,3,11H2,1-2H3. The molecule has 0 saturated carbocycles. The number of carbonyl (C=O) groups is 1.